The molecular formula is C14H17ClFN5O. The molecule has 0 fully saturated rings. The summed E-state index contributed by atoms with van der Waals surface area (Å²) in [6, 6.07) is 4.20. The molecule has 6 nitrogen and oxygen atoms in total. The summed E-state index contributed by atoms with van der Waals surface area (Å²) < 4.78 is 14.7. The van der Waals surface area contributed by atoms with Crippen molar-refractivity contribution in [2.45, 2.75) is 13.8 Å². The molecule has 0 aliphatic carbocycles. The second kappa shape index (κ2) is 7.33. The van der Waals surface area contributed by atoms with Crippen LogP contribution in [0, 0.1) is 12.7 Å². The summed E-state index contributed by atoms with van der Waals surface area (Å²) in [5.74, 6) is -0.806. The summed E-state index contributed by atoms with van der Waals surface area (Å²) in [4.78, 5) is 12.1. The maximum Gasteiger partial charge on any atom is 0.273 e. The second-order valence-electron chi connectivity index (χ2n) is 4.64. The molecule has 22 heavy (non-hydrogen) atoms. The Morgan fingerprint density at radius 1 is 1.41 bits per heavy atom. The van der Waals surface area contributed by atoms with E-state index in [-0.39, 0.29) is 16.6 Å². The number of halogens is 2. The molecule has 0 saturated carbocycles. The quantitative estimate of drug-likeness (QED) is 0.793. The van der Waals surface area contributed by atoms with Crippen LogP contribution in [0.2, 0.25) is 5.02 Å². The van der Waals surface area contributed by atoms with Gasteiger partial charge >= 0.3 is 0 Å². The van der Waals surface area contributed by atoms with Gasteiger partial charge in [-0.3, -0.25) is 4.79 Å². The highest BCUT2D eigenvalue weighted by atomic mass is 35.5. The summed E-state index contributed by atoms with van der Waals surface area (Å²) >= 11 is 5.76. The Kier molecular flexibility index (Phi) is 5.46. The van der Waals surface area contributed by atoms with Crippen LogP contribution in [0.15, 0.2) is 18.2 Å². The number of hydrogen-bond acceptors (Lipinski definition) is 4. The summed E-state index contributed by atoms with van der Waals surface area (Å²) in [6.07, 6.45) is 0. The third-order valence-electron chi connectivity index (χ3n) is 3.09. The zero-order valence-electron chi connectivity index (χ0n) is 12.4. The molecule has 0 unspecified atom stereocenters. The Morgan fingerprint density at radius 2 is 2.18 bits per heavy atom. The van der Waals surface area contributed by atoms with Crippen LogP contribution in [-0.4, -0.2) is 40.5 Å². The van der Waals surface area contributed by atoms with E-state index in [2.05, 4.69) is 20.9 Å². The zero-order chi connectivity index (χ0) is 16.1. The van der Waals surface area contributed by atoms with Gasteiger partial charge in [-0.15, -0.1) is 5.10 Å². The van der Waals surface area contributed by atoms with Gasteiger partial charge in [-0.05, 0) is 31.7 Å². The van der Waals surface area contributed by atoms with Crippen molar-refractivity contribution in [3.8, 4) is 5.69 Å². The number of nitrogens with zero attached hydrogens (tertiary/aromatic N) is 3. The molecule has 1 aromatic heterocycles. The van der Waals surface area contributed by atoms with Crippen LogP contribution in [0.5, 0.6) is 0 Å². The molecule has 0 saturated heterocycles. The van der Waals surface area contributed by atoms with Gasteiger partial charge in [-0.1, -0.05) is 23.7 Å². The van der Waals surface area contributed by atoms with Gasteiger partial charge in [-0.25, -0.2) is 9.07 Å². The predicted molar refractivity (Wildman–Crippen MR) is 81.9 cm³/mol. The molecule has 8 heteroatoms. The Labute approximate surface area is 132 Å². The normalized spacial score (nSPS) is 10.7. The van der Waals surface area contributed by atoms with Crippen molar-refractivity contribution < 1.29 is 9.18 Å². The molecule has 0 radical (unpaired) electrons. The Hall–Kier alpha value is -1.99. The number of carbonyl (C=O) groups excluding carboxylic acids is 1. The molecule has 0 spiro atoms. The average molecular weight is 326 g/mol. The highest BCUT2D eigenvalue weighted by Gasteiger charge is 2.17. The van der Waals surface area contributed by atoms with Crippen molar-refractivity contribution in [2.75, 3.05) is 19.6 Å². The Morgan fingerprint density at radius 3 is 2.86 bits per heavy atom. The first-order valence-corrected chi connectivity index (χ1v) is 7.29. The van der Waals surface area contributed by atoms with E-state index in [1.807, 2.05) is 6.92 Å². The summed E-state index contributed by atoms with van der Waals surface area (Å²) in [5, 5.41) is 13.7. The maximum atomic E-state index is 13.2. The van der Waals surface area contributed by atoms with Gasteiger partial charge in [0.05, 0.1) is 16.4 Å². The fraction of sp³-hybridized carbons (Fsp3) is 0.357. The minimum Gasteiger partial charge on any atom is -0.349 e. The maximum absolute atomic E-state index is 13.2. The summed E-state index contributed by atoms with van der Waals surface area (Å²) in [6.45, 7) is 5.74. The van der Waals surface area contributed by atoms with Crippen LogP contribution in [-0.2, 0) is 0 Å². The predicted octanol–water partition coefficient (Wildman–Crippen LogP) is 1.71. The van der Waals surface area contributed by atoms with Gasteiger partial charge < -0.3 is 10.6 Å². The van der Waals surface area contributed by atoms with Crippen molar-refractivity contribution in [1.82, 2.24) is 25.6 Å². The van der Waals surface area contributed by atoms with E-state index in [0.717, 1.165) is 6.54 Å². The fourth-order valence-electron chi connectivity index (χ4n) is 1.93. The molecular weight excluding hydrogens is 309 g/mol. The lowest BCUT2D eigenvalue weighted by atomic mass is 10.2. The number of amides is 1. The lowest BCUT2D eigenvalue weighted by Gasteiger charge is -2.06. The average Bonchev–Trinajstić information content (AvgIpc) is 2.88. The van der Waals surface area contributed by atoms with Gasteiger partial charge in [0, 0.05) is 13.1 Å². The van der Waals surface area contributed by atoms with Crippen LogP contribution < -0.4 is 10.6 Å². The standard InChI is InChI=1S/C14H17ClFN5O/c1-3-17-6-7-18-14(22)13-9(2)21(20-19-13)10-4-5-12(16)11(15)8-10/h4-5,8,17H,3,6-7H2,1-2H3,(H,18,22). The molecule has 2 N–H and O–H groups in total. The summed E-state index contributed by atoms with van der Waals surface area (Å²) in [7, 11) is 0. The topological polar surface area (TPSA) is 71.8 Å². The first kappa shape index (κ1) is 16.4. The minimum atomic E-state index is -0.510. The van der Waals surface area contributed by atoms with Gasteiger partial charge in [0.25, 0.3) is 5.91 Å². The van der Waals surface area contributed by atoms with E-state index in [1.165, 1.54) is 22.9 Å². The number of likely N-dealkylation sites (N-methyl/N-ethyl adjacent to an activating group) is 1. The molecule has 0 atom stereocenters. The Bertz CT molecular complexity index is 673. The molecule has 0 bridgehead atoms. The highest BCUT2D eigenvalue weighted by molar-refractivity contribution is 6.30. The molecule has 1 aromatic carbocycles. The second-order valence-corrected chi connectivity index (χ2v) is 5.05. The smallest absolute Gasteiger partial charge is 0.273 e. The van der Waals surface area contributed by atoms with Crippen LogP contribution in [0.4, 0.5) is 4.39 Å². The van der Waals surface area contributed by atoms with E-state index in [4.69, 9.17) is 11.6 Å². The molecule has 118 valence electrons. The van der Waals surface area contributed by atoms with E-state index < -0.39 is 5.82 Å². The van der Waals surface area contributed by atoms with Gasteiger partial charge in [-0.2, -0.15) is 0 Å². The lowest BCUT2D eigenvalue weighted by Crippen LogP contribution is -2.32. The first-order chi connectivity index (χ1) is 10.5. The molecule has 0 aliphatic rings. The van der Waals surface area contributed by atoms with Crippen molar-refractivity contribution in [3.05, 3.63) is 40.4 Å². The van der Waals surface area contributed by atoms with Gasteiger partial charge in [0.15, 0.2) is 5.69 Å². The number of rotatable bonds is 6. The zero-order valence-corrected chi connectivity index (χ0v) is 13.1. The summed E-state index contributed by atoms with van der Waals surface area (Å²) in [5.41, 5.74) is 1.34. The molecule has 2 rings (SSSR count). The highest BCUT2D eigenvalue weighted by Crippen LogP contribution is 2.20. The third kappa shape index (κ3) is 3.61. The van der Waals surface area contributed by atoms with Crippen molar-refractivity contribution >= 4 is 17.5 Å². The molecule has 2 aromatic rings. The molecule has 0 aliphatic heterocycles. The third-order valence-corrected chi connectivity index (χ3v) is 3.38. The minimum absolute atomic E-state index is 0.0101. The van der Waals surface area contributed by atoms with Crippen molar-refractivity contribution in [3.63, 3.8) is 0 Å². The SMILES string of the molecule is CCNCCNC(=O)c1nnn(-c2ccc(F)c(Cl)c2)c1C. The molecule has 1 amide bonds. The number of hydrogen-bond donors (Lipinski definition) is 2. The number of nitrogens with one attached hydrogen (secondary N) is 2. The van der Waals surface area contributed by atoms with E-state index >= 15 is 0 Å². The van der Waals surface area contributed by atoms with Crippen LogP contribution in [0.25, 0.3) is 5.69 Å². The van der Waals surface area contributed by atoms with E-state index in [9.17, 15) is 9.18 Å². The van der Waals surface area contributed by atoms with E-state index in [1.54, 1.807) is 6.92 Å². The fourth-order valence-corrected chi connectivity index (χ4v) is 2.10. The van der Waals surface area contributed by atoms with Gasteiger partial charge in [0.1, 0.15) is 5.82 Å². The monoisotopic (exact) mass is 325 g/mol. The molecule has 1 heterocycles. The van der Waals surface area contributed by atoms with E-state index in [0.29, 0.717) is 24.5 Å². The van der Waals surface area contributed by atoms with Crippen molar-refractivity contribution in [2.24, 2.45) is 0 Å². The number of benzene rings is 1. The largest absolute Gasteiger partial charge is 0.349 e. The van der Waals surface area contributed by atoms with Crippen LogP contribution in [0.3, 0.4) is 0 Å². The number of aromatic nitrogens is 3. The lowest BCUT2D eigenvalue weighted by molar-refractivity contribution is 0.0948. The van der Waals surface area contributed by atoms with Gasteiger partial charge in [0.2, 0.25) is 0 Å². The van der Waals surface area contributed by atoms with Crippen LogP contribution >= 0.6 is 11.6 Å². The van der Waals surface area contributed by atoms with Crippen LogP contribution in [0.1, 0.15) is 23.1 Å². The number of carbonyl (C=O) groups is 1. The van der Waals surface area contributed by atoms with Crippen molar-refractivity contribution in [1.29, 1.82) is 0 Å². The first-order valence-electron chi connectivity index (χ1n) is 6.91. The Balaban J connectivity index is 2.15.